The van der Waals surface area contributed by atoms with Crippen LogP contribution in [0.15, 0.2) is 29.3 Å². The summed E-state index contributed by atoms with van der Waals surface area (Å²) in [6.45, 7) is 3.21. The van der Waals surface area contributed by atoms with Crippen molar-refractivity contribution in [2.45, 2.75) is 58.3 Å². The Morgan fingerprint density at radius 1 is 0.900 bits per heavy atom. The van der Waals surface area contributed by atoms with Crippen LogP contribution in [0.3, 0.4) is 0 Å². The second-order valence-electron chi connectivity index (χ2n) is 5.28. The standard InChI is InChI=1S/C18H29NO/c1-3-4-5-6-7-8-9-10-15-19-16-17-11-13-18(20-2)14-12-17/h11-14,16H,3-10,15H2,1-2H3. The van der Waals surface area contributed by atoms with E-state index in [2.05, 4.69) is 11.9 Å². The van der Waals surface area contributed by atoms with Crippen molar-refractivity contribution >= 4 is 6.21 Å². The Morgan fingerprint density at radius 2 is 1.50 bits per heavy atom. The van der Waals surface area contributed by atoms with Crippen LogP contribution in [-0.2, 0) is 0 Å². The first kappa shape index (κ1) is 16.7. The molecular weight excluding hydrogens is 246 g/mol. The average molecular weight is 275 g/mol. The van der Waals surface area contributed by atoms with Crippen LogP contribution in [0.1, 0.15) is 63.9 Å². The van der Waals surface area contributed by atoms with Gasteiger partial charge < -0.3 is 4.74 Å². The van der Waals surface area contributed by atoms with E-state index in [0.29, 0.717) is 0 Å². The molecule has 0 heterocycles. The van der Waals surface area contributed by atoms with Gasteiger partial charge in [-0.15, -0.1) is 0 Å². The van der Waals surface area contributed by atoms with Gasteiger partial charge in [-0.25, -0.2) is 0 Å². The van der Waals surface area contributed by atoms with Crippen molar-refractivity contribution in [2.75, 3.05) is 13.7 Å². The van der Waals surface area contributed by atoms with Crippen molar-refractivity contribution in [3.63, 3.8) is 0 Å². The van der Waals surface area contributed by atoms with Crippen molar-refractivity contribution in [3.8, 4) is 5.75 Å². The molecule has 0 unspecified atom stereocenters. The summed E-state index contributed by atoms with van der Waals surface area (Å²) in [5.41, 5.74) is 1.14. The largest absolute Gasteiger partial charge is 0.497 e. The first-order chi connectivity index (χ1) is 9.86. The minimum atomic E-state index is 0.894. The van der Waals surface area contributed by atoms with E-state index >= 15 is 0 Å². The number of hydrogen-bond donors (Lipinski definition) is 0. The van der Waals surface area contributed by atoms with Gasteiger partial charge in [0.25, 0.3) is 0 Å². The molecule has 0 aromatic heterocycles. The fourth-order valence-corrected chi connectivity index (χ4v) is 2.20. The molecular formula is C18H29NO. The third-order valence-electron chi connectivity index (χ3n) is 3.50. The fourth-order valence-electron chi connectivity index (χ4n) is 2.20. The first-order valence-corrected chi connectivity index (χ1v) is 8.00. The van der Waals surface area contributed by atoms with Crippen molar-refractivity contribution in [3.05, 3.63) is 29.8 Å². The van der Waals surface area contributed by atoms with E-state index in [4.69, 9.17) is 4.74 Å². The van der Waals surface area contributed by atoms with Crippen molar-refractivity contribution in [1.29, 1.82) is 0 Å². The summed E-state index contributed by atoms with van der Waals surface area (Å²) in [4.78, 5) is 4.48. The first-order valence-electron chi connectivity index (χ1n) is 8.00. The molecule has 0 aliphatic rings. The van der Waals surface area contributed by atoms with Gasteiger partial charge in [0.1, 0.15) is 5.75 Å². The highest BCUT2D eigenvalue weighted by atomic mass is 16.5. The monoisotopic (exact) mass is 275 g/mol. The zero-order valence-corrected chi connectivity index (χ0v) is 13.1. The summed E-state index contributed by atoms with van der Waals surface area (Å²) in [6.07, 6.45) is 12.8. The number of benzene rings is 1. The molecule has 0 atom stereocenters. The Hall–Kier alpha value is -1.31. The maximum Gasteiger partial charge on any atom is 0.118 e. The van der Waals surface area contributed by atoms with Crippen LogP contribution >= 0.6 is 0 Å². The second-order valence-corrected chi connectivity index (χ2v) is 5.28. The molecule has 0 saturated heterocycles. The summed E-state index contributed by atoms with van der Waals surface area (Å²) in [5, 5.41) is 0. The molecule has 0 amide bonds. The molecule has 2 heteroatoms. The molecule has 0 saturated carbocycles. The molecule has 0 aliphatic carbocycles. The maximum atomic E-state index is 5.13. The minimum absolute atomic E-state index is 0.894. The van der Waals surface area contributed by atoms with Gasteiger partial charge in [-0.1, -0.05) is 51.9 Å². The van der Waals surface area contributed by atoms with Gasteiger partial charge in [0.2, 0.25) is 0 Å². The van der Waals surface area contributed by atoms with Gasteiger partial charge in [-0.3, -0.25) is 4.99 Å². The van der Waals surface area contributed by atoms with Crippen LogP contribution < -0.4 is 4.74 Å². The molecule has 0 aliphatic heterocycles. The number of nitrogens with zero attached hydrogens (tertiary/aromatic N) is 1. The lowest BCUT2D eigenvalue weighted by atomic mass is 10.1. The van der Waals surface area contributed by atoms with E-state index in [1.165, 1.54) is 51.4 Å². The molecule has 0 N–H and O–H groups in total. The highest BCUT2D eigenvalue weighted by Gasteiger charge is 1.92. The van der Waals surface area contributed by atoms with Crippen molar-refractivity contribution in [2.24, 2.45) is 4.99 Å². The van der Waals surface area contributed by atoms with Crippen LogP contribution in [-0.4, -0.2) is 19.9 Å². The van der Waals surface area contributed by atoms with Crippen LogP contribution in [0.5, 0.6) is 5.75 Å². The summed E-state index contributed by atoms with van der Waals surface area (Å²) < 4.78 is 5.13. The number of unbranched alkanes of at least 4 members (excludes halogenated alkanes) is 7. The molecule has 0 radical (unpaired) electrons. The van der Waals surface area contributed by atoms with Crippen LogP contribution in [0, 0.1) is 0 Å². The van der Waals surface area contributed by atoms with Gasteiger partial charge in [0, 0.05) is 12.8 Å². The van der Waals surface area contributed by atoms with E-state index in [1.807, 2.05) is 30.5 Å². The topological polar surface area (TPSA) is 21.6 Å². The number of hydrogen-bond acceptors (Lipinski definition) is 2. The Bertz CT molecular complexity index is 356. The van der Waals surface area contributed by atoms with Gasteiger partial charge in [0.05, 0.1) is 7.11 Å². The van der Waals surface area contributed by atoms with Crippen LogP contribution in [0.2, 0.25) is 0 Å². The predicted octanol–water partition coefficient (Wildman–Crippen LogP) is 5.25. The summed E-state index contributed by atoms with van der Waals surface area (Å²) >= 11 is 0. The molecule has 112 valence electrons. The van der Waals surface area contributed by atoms with E-state index < -0.39 is 0 Å². The maximum absolute atomic E-state index is 5.13. The third-order valence-corrected chi connectivity index (χ3v) is 3.50. The highest BCUT2D eigenvalue weighted by Crippen LogP contribution is 2.10. The summed E-state index contributed by atoms with van der Waals surface area (Å²) in [5.74, 6) is 0.894. The number of ether oxygens (including phenoxy) is 1. The Labute approximate surface area is 124 Å². The Kier molecular flexibility index (Phi) is 9.64. The zero-order valence-electron chi connectivity index (χ0n) is 13.1. The van der Waals surface area contributed by atoms with Crippen LogP contribution in [0.25, 0.3) is 0 Å². The molecule has 1 rings (SSSR count). The lowest BCUT2D eigenvalue weighted by molar-refractivity contribution is 0.415. The minimum Gasteiger partial charge on any atom is -0.497 e. The molecule has 0 spiro atoms. The van der Waals surface area contributed by atoms with Crippen molar-refractivity contribution < 1.29 is 4.74 Å². The SMILES string of the molecule is CCCCCCCCCCN=Cc1ccc(OC)cc1. The number of rotatable bonds is 11. The summed E-state index contributed by atoms with van der Waals surface area (Å²) in [6, 6.07) is 8.02. The van der Waals surface area contributed by atoms with Crippen molar-refractivity contribution in [1.82, 2.24) is 0 Å². The molecule has 1 aromatic carbocycles. The molecule has 1 aromatic rings. The highest BCUT2D eigenvalue weighted by molar-refractivity contribution is 5.79. The molecule has 2 nitrogen and oxygen atoms in total. The van der Waals surface area contributed by atoms with Gasteiger partial charge in [-0.05, 0) is 36.2 Å². The average Bonchev–Trinajstić information content (AvgIpc) is 2.50. The molecule has 0 bridgehead atoms. The number of aliphatic imine (C=N–C) groups is 1. The van der Waals surface area contributed by atoms with Gasteiger partial charge in [0.15, 0.2) is 0 Å². The van der Waals surface area contributed by atoms with E-state index in [1.54, 1.807) is 7.11 Å². The molecule has 20 heavy (non-hydrogen) atoms. The van der Waals surface area contributed by atoms with Gasteiger partial charge >= 0.3 is 0 Å². The number of methoxy groups -OCH3 is 1. The van der Waals surface area contributed by atoms with E-state index in [0.717, 1.165) is 17.9 Å². The zero-order chi connectivity index (χ0) is 14.5. The van der Waals surface area contributed by atoms with Crippen LogP contribution in [0.4, 0.5) is 0 Å². The molecule has 0 fully saturated rings. The van der Waals surface area contributed by atoms with E-state index in [-0.39, 0.29) is 0 Å². The lowest BCUT2D eigenvalue weighted by Crippen LogP contribution is -1.87. The predicted molar refractivity (Wildman–Crippen MR) is 88.1 cm³/mol. The Balaban J connectivity index is 2.01. The Morgan fingerprint density at radius 3 is 2.10 bits per heavy atom. The third kappa shape index (κ3) is 7.98. The second kappa shape index (κ2) is 11.5. The van der Waals surface area contributed by atoms with E-state index in [9.17, 15) is 0 Å². The quantitative estimate of drug-likeness (QED) is 0.399. The smallest absolute Gasteiger partial charge is 0.118 e. The van der Waals surface area contributed by atoms with Gasteiger partial charge in [-0.2, -0.15) is 0 Å². The summed E-state index contributed by atoms with van der Waals surface area (Å²) in [7, 11) is 1.69. The lowest BCUT2D eigenvalue weighted by Gasteiger charge is -2.00. The fraction of sp³-hybridized carbons (Fsp3) is 0.611. The normalized spacial score (nSPS) is 11.1.